The van der Waals surface area contributed by atoms with Crippen molar-refractivity contribution in [2.75, 3.05) is 0 Å². The van der Waals surface area contributed by atoms with Gasteiger partial charge in [-0.1, -0.05) is 27.7 Å². The standard InChI is InChI=1S/C11H24O2Si/c1-8-10(9(2)12)13-14(6,7)11(3,4)5/h10H,8H2,1-7H3. The van der Waals surface area contributed by atoms with E-state index in [1.165, 1.54) is 0 Å². The second kappa shape index (κ2) is 4.58. The first-order valence-electron chi connectivity index (χ1n) is 5.30. The lowest BCUT2D eigenvalue weighted by molar-refractivity contribution is -0.124. The number of rotatable bonds is 4. The molecule has 14 heavy (non-hydrogen) atoms. The molecule has 1 atom stereocenters. The summed E-state index contributed by atoms with van der Waals surface area (Å²) in [5.74, 6) is 0.150. The smallest absolute Gasteiger partial charge is 0.193 e. The molecule has 0 fully saturated rings. The van der Waals surface area contributed by atoms with Crippen LogP contribution in [0.15, 0.2) is 0 Å². The highest BCUT2D eigenvalue weighted by atomic mass is 28.4. The minimum Gasteiger partial charge on any atom is -0.407 e. The maximum atomic E-state index is 11.3. The zero-order chi connectivity index (χ0) is 11.6. The van der Waals surface area contributed by atoms with E-state index in [1.54, 1.807) is 6.92 Å². The van der Waals surface area contributed by atoms with E-state index in [4.69, 9.17) is 4.43 Å². The van der Waals surface area contributed by atoms with E-state index in [0.717, 1.165) is 6.42 Å². The Bertz CT molecular complexity index is 204. The molecule has 0 aliphatic heterocycles. The topological polar surface area (TPSA) is 26.3 Å². The summed E-state index contributed by atoms with van der Waals surface area (Å²) in [7, 11) is -1.77. The summed E-state index contributed by atoms with van der Waals surface area (Å²) in [4.78, 5) is 11.3. The second-order valence-electron chi connectivity index (χ2n) is 5.39. The summed E-state index contributed by atoms with van der Waals surface area (Å²) in [5, 5.41) is 0.176. The van der Waals surface area contributed by atoms with Crippen LogP contribution in [0.3, 0.4) is 0 Å². The van der Waals surface area contributed by atoms with E-state index < -0.39 is 8.32 Å². The van der Waals surface area contributed by atoms with E-state index in [9.17, 15) is 4.79 Å². The van der Waals surface area contributed by atoms with Crippen LogP contribution in [0.1, 0.15) is 41.0 Å². The number of carbonyl (C=O) groups excluding carboxylic acids is 1. The molecule has 0 aliphatic carbocycles. The summed E-state index contributed by atoms with van der Waals surface area (Å²) >= 11 is 0. The van der Waals surface area contributed by atoms with Gasteiger partial charge in [-0.2, -0.15) is 0 Å². The summed E-state index contributed by atoms with van der Waals surface area (Å²) in [6, 6.07) is 0. The Balaban J connectivity index is 4.56. The van der Waals surface area contributed by atoms with E-state index in [-0.39, 0.29) is 16.9 Å². The van der Waals surface area contributed by atoms with Crippen LogP contribution < -0.4 is 0 Å². The molecule has 2 nitrogen and oxygen atoms in total. The van der Waals surface area contributed by atoms with Gasteiger partial charge >= 0.3 is 0 Å². The van der Waals surface area contributed by atoms with Crippen LogP contribution in [0.4, 0.5) is 0 Å². The second-order valence-corrected chi connectivity index (χ2v) is 10.1. The van der Waals surface area contributed by atoms with Crippen molar-refractivity contribution < 1.29 is 9.22 Å². The Morgan fingerprint density at radius 2 is 1.79 bits per heavy atom. The Morgan fingerprint density at radius 1 is 1.36 bits per heavy atom. The molecule has 0 aromatic heterocycles. The zero-order valence-electron chi connectivity index (χ0n) is 10.6. The van der Waals surface area contributed by atoms with Gasteiger partial charge in [0.15, 0.2) is 14.1 Å². The molecule has 0 saturated carbocycles. The van der Waals surface area contributed by atoms with E-state index >= 15 is 0 Å². The van der Waals surface area contributed by atoms with Gasteiger partial charge in [0.1, 0.15) is 6.10 Å². The van der Waals surface area contributed by atoms with Gasteiger partial charge in [0, 0.05) is 0 Å². The molecule has 0 amide bonds. The van der Waals surface area contributed by atoms with E-state index in [0.29, 0.717) is 0 Å². The van der Waals surface area contributed by atoms with Crippen molar-refractivity contribution in [2.24, 2.45) is 0 Å². The van der Waals surface area contributed by atoms with Gasteiger partial charge in [0.25, 0.3) is 0 Å². The fraction of sp³-hybridized carbons (Fsp3) is 0.909. The molecule has 0 aromatic carbocycles. The molecule has 0 rings (SSSR count). The normalized spacial score (nSPS) is 15.4. The van der Waals surface area contributed by atoms with Crippen molar-refractivity contribution in [3.8, 4) is 0 Å². The highest BCUT2D eigenvalue weighted by molar-refractivity contribution is 6.74. The summed E-state index contributed by atoms with van der Waals surface area (Å²) < 4.78 is 6.00. The van der Waals surface area contributed by atoms with Crippen molar-refractivity contribution in [3.05, 3.63) is 0 Å². The molecule has 0 aromatic rings. The molecule has 3 heteroatoms. The van der Waals surface area contributed by atoms with E-state index in [2.05, 4.69) is 33.9 Å². The molecule has 0 aliphatic rings. The van der Waals surface area contributed by atoms with Gasteiger partial charge in [-0.25, -0.2) is 0 Å². The largest absolute Gasteiger partial charge is 0.407 e. The molecule has 84 valence electrons. The fourth-order valence-electron chi connectivity index (χ4n) is 0.986. The van der Waals surface area contributed by atoms with Crippen molar-refractivity contribution in [1.82, 2.24) is 0 Å². The molecule has 0 heterocycles. The average molecular weight is 216 g/mol. The third-order valence-electron chi connectivity index (χ3n) is 3.07. The van der Waals surface area contributed by atoms with Crippen molar-refractivity contribution in [3.63, 3.8) is 0 Å². The minimum absolute atomic E-state index is 0.150. The van der Waals surface area contributed by atoms with Crippen LogP contribution in [-0.2, 0) is 9.22 Å². The highest BCUT2D eigenvalue weighted by Crippen LogP contribution is 2.37. The Hall–Kier alpha value is -0.153. The van der Waals surface area contributed by atoms with Crippen molar-refractivity contribution >= 4 is 14.1 Å². The maximum Gasteiger partial charge on any atom is 0.193 e. The third kappa shape index (κ3) is 3.54. The molecular weight excluding hydrogens is 192 g/mol. The van der Waals surface area contributed by atoms with Crippen LogP contribution in [-0.4, -0.2) is 20.2 Å². The van der Waals surface area contributed by atoms with Gasteiger partial charge < -0.3 is 4.43 Å². The molecule has 1 unspecified atom stereocenters. The first-order valence-corrected chi connectivity index (χ1v) is 8.21. The van der Waals surface area contributed by atoms with Crippen LogP contribution in [0.5, 0.6) is 0 Å². The number of carbonyl (C=O) groups is 1. The average Bonchev–Trinajstić information content (AvgIpc) is 1.97. The van der Waals surface area contributed by atoms with Gasteiger partial charge in [-0.3, -0.25) is 4.79 Å². The van der Waals surface area contributed by atoms with E-state index in [1.807, 2.05) is 6.92 Å². The van der Waals surface area contributed by atoms with Crippen LogP contribution in [0, 0.1) is 0 Å². The molecule has 0 radical (unpaired) electrons. The van der Waals surface area contributed by atoms with Crippen LogP contribution in [0.25, 0.3) is 0 Å². The summed E-state index contributed by atoms with van der Waals surface area (Å²) in [6.45, 7) is 14.5. The van der Waals surface area contributed by atoms with Crippen molar-refractivity contribution in [1.29, 1.82) is 0 Å². The summed E-state index contributed by atoms with van der Waals surface area (Å²) in [5.41, 5.74) is 0. The SMILES string of the molecule is CCC(O[Si](C)(C)C(C)(C)C)C(C)=O. The Labute approximate surface area is 89.2 Å². The first kappa shape index (κ1) is 13.8. The lowest BCUT2D eigenvalue weighted by atomic mass is 10.2. The van der Waals surface area contributed by atoms with Gasteiger partial charge in [0.2, 0.25) is 0 Å². The van der Waals surface area contributed by atoms with Crippen LogP contribution >= 0.6 is 0 Å². The first-order chi connectivity index (χ1) is 6.12. The monoisotopic (exact) mass is 216 g/mol. The van der Waals surface area contributed by atoms with Gasteiger partial charge in [-0.05, 0) is 31.5 Å². The molecular formula is C11H24O2Si. The zero-order valence-corrected chi connectivity index (χ0v) is 11.6. The lowest BCUT2D eigenvalue weighted by Gasteiger charge is -2.38. The third-order valence-corrected chi connectivity index (χ3v) is 7.55. The summed E-state index contributed by atoms with van der Waals surface area (Å²) in [6.07, 6.45) is 0.581. The number of hydrogen-bond donors (Lipinski definition) is 0. The van der Waals surface area contributed by atoms with Crippen molar-refractivity contribution in [2.45, 2.75) is 65.3 Å². The fourth-order valence-corrected chi connectivity index (χ4v) is 2.38. The van der Waals surface area contributed by atoms with Crippen LogP contribution in [0.2, 0.25) is 18.1 Å². The molecule has 0 saturated heterocycles. The van der Waals surface area contributed by atoms with Gasteiger partial charge in [-0.15, -0.1) is 0 Å². The predicted molar refractivity (Wildman–Crippen MR) is 63.0 cm³/mol. The number of hydrogen-bond acceptors (Lipinski definition) is 2. The molecule has 0 spiro atoms. The lowest BCUT2D eigenvalue weighted by Crippen LogP contribution is -2.45. The Morgan fingerprint density at radius 3 is 2.00 bits per heavy atom. The Kier molecular flexibility index (Phi) is 4.53. The minimum atomic E-state index is -1.77. The molecule has 0 N–H and O–H groups in total. The number of Topliss-reactive ketones (excluding diaryl/α,β-unsaturated/α-hetero) is 1. The maximum absolute atomic E-state index is 11.3. The molecule has 0 bridgehead atoms. The highest BCUT2D eigenvalue weighted by Gasteiger charge is 2.39. The number of ketones is 1. The van der Waals surface area contributed by atoms with Gasteiger partial charge in [0.05, 0.1) is 0 Å². The predicted octanol–water partition coefficient (Wildman–Crippen LogP) is 3.38. The quantitative estimate of drug-likeness (QED) is 0.673.